The Labute approximate surface area is 260 Å². The molecule has 0 aliphatic heterocycles. The number of ether oxygens (including phenoxy) is 1. The van der Waals surface area contributed by atoms with E-state index in [2.05, 4.69) is 0 Å². The van der Waals surface area contributed by atoms with E-state index >= 15 is 0 Å². The van der Waals surface area contributed by atoms with Gasteiger partial charge in [-0.05, 0) is 35.2 Å². The topological polar surface area (TPSA) is 72.6 Å². The highest BCUT2D eigenvalue weighted by Gasteiger charge is 2.34. The lowest BCUT2D eigenvalue weighted by Gasteiger charge is -2.29. The number of rotatable bonds is 13. The summed E-state index contributed by atoms with van der Waals surface area (Å²) >= 11 is 6.28. The molecule has 4 aromatic carbocycles. The number of sulfone groups is 1. The van der Waals surface area contributed by atoms with Crippen LogP contribution in [0.5, 0.6) is 5.75 Å². The van der Waals surface area contributed by atoms with Crippen LogP contribution in [0.2, 0.25) is 5.02 Å². The first kappa shape index (κ1) is 33.5. The highest BCUT2D eigenvalue weighted by atomic mass is 35.5. The number of hydrogen-bond donors (Lipinski definition) is 1. The monoisotopic (exact) mass is 648 g/mol. The SMILES string of the molecule is CS(=O)(=O)c1cc(OCCCN(Cc2cccc(C(F)(F)F)c2Cl)CC(c2ccccc2)c2ccccc2)cc(F)c1CN. The van der Waals surface area contributed by atoms with Crippen molar-refractivity contribution in [2.24, 2.45) is 5.73 Å². The van der Waals surface area contributed by atoms with Crippen LogP contribution in [0.25, 0.3) is 0 Å². The van der Waals surface area contributed by atoms with Crippen molar-refractivity contribution in [3.8, 4) is 5.75 Å². The van der Waals surface area contributed by atoms with Gasteiger partial charge in [-0.25, -0.2) is 12.8 Å². The van der Waals surface area contributed by atoms with Gasteiger partial charge in [0.15, 0.2) is 9.84 Å². The molecule has 5 nitrogen and oxygen atoms in total. The molecule has 0 saturated carbocycles. The summed E-state index contributed by atoms with van der Waals surface area (Å²) in [6.45, 7) is 0.797. The summed E-state index contributed by atoms with van der Waals surface area (Å²) in [5.41, 5.74) is 6.97. The lowest BCUT2D eigenvalue weighted by atomic mass is 9.90. The van der Waals surface area contributed by atoms with E-state index < -0.39 is 27.4 Å². The van der Waals surface area contributed by atoms with Gasteiger partial charge in [-0.1, -0.05) is 84.4 Å². The van der Waals surface area contributed by atoms with Crippen LogP contribution >= 0.6 is 11.6 Å². The van der Waals surface area contributed by atoms with Gasteiger partial charge in [0.25, 0.3) is 0 Å². The largest absolute Gasteiger partial charge is 0.493 e. The summed E-state index contributed by atoms with van der Waals surface area (Å²) in [5.74, 6) is -0.836. The van der Waals surface area contributed by atoms with Gasteiger partial charge >= 0.3 is 6.18 Å². The molecule has 4 rings (SSSR count). The first-order chi connectivity index (χ1) is 20.9. The Morgan fingerprint density at radius 2 is 1.55 bits per heavy atom. The fraction of sp³-hybridized carbons (Fsp3) is 0.273. The Morgan fingerprint density at radius 1 is 0.932 bits per heavy atom. The predicted octanol–water partition coefficient (Wildman–Crippen LogP) is 7.46. The van der Waals surface area contributed by atoms with Crippen LogP contribution in [-0.2, 0) is 29.1 Å². The summed E-state index contributed by atoms with van der Waals surface area (Å²) in [6, 6.07) is 25.8. The lowest BCUT2D eigenvalue weighted by Crippen LogP contribution is -2.31. The van der Waals surface area contributed by atoms with Crippen molar-refractivity contribution >= 4 is 21.4 Å². The molecule has 0 amide bonds. The highest BCUT2D eigenvalue weighted by molar-refractivity contribution is 7.90. The summed E-state index contributed by atoms with van der Waals surface area (Å²) < 4.78 is 85.6. The summed E-state index contributed by atoms with van der Waals surface area (Å²) in [6.07, 6.45) is -3.22. The molecule has 0 bridgehead atoms. The Bertz CT molecular complexity index is 1610. The summed E-state index contributed by atoms with van der Waals surface area (Å²) in [4.78, 5) is 1.78. The quantitative estimate of drug-likeness (QED) is 0.120. The number of nitrogens with two attached hydrogens (primary N) is 1. The maximum atomic E-state index is 14.6. The molecule has 234 valence electrons. The number of halogens is 5. The van der Waals surface area contributed by atoms with E-state index in [1.807, 2.05) is 65.6 Å². The average Bonchev–Trinajstić information content (AvgIpc) is 2.98. The van der Waals surface area contributed by atoms with E-state index in [1.54, 1.807) is 6.07 Å². The molecule has 4 aromatic rings. The number of alkyl halides is 3. The number of benzene rings is 4. The molecule has 2 N–H and O–H groups in total. The average molecular weight is 649 g/mol. The number of nitrogens with zero attached hydrogens (tertiary/aromatic N) is 1. The molecule has 0 spiro atoms. The smallest absolute Gasteiger partial charge is 0.417 e. The van der Waals surface area contributed by atoms with Crippen LogP contribution in [0.15, 0.2) is 95.9 Å². The molecule has 0 aliphatic carbocycles. The Hall–Kier alpha value is -3.44. The normalized spacial score (nSPS) is 12.2. The molecular weight excluding hydrogens is 616 g/mol. The fourth-order valence-electron chi connectivity index (χ4n) is 5.11. The van der Waals surface area contributed by atoms with Crippen LogP contribution in [0.3, 0.4) is 0 Å². The van der Waals surface area contributed by atoms with E-state index in [0.29, 0.717) is 25.1 Å². The third-order valence-corrected chi connectivity index (χ3v) is 8.85. The Balaban J connectivity index is 1.59. The third kappa shape index (κ3) is 8.59. The summed E-state index contributed by atoms with van der Waals surface area (Å²) in [5, 5.41) is -0.346. The van der Waals surface area contributed by atoms with Crippen molar-refractivity contribution in [3.05, 3.63) is 130 Å². The van der Waals surface area contributed by atoms with Crippen molar-refractivity contribution in [3.63, 3.8) is 0 Å². The van der Waals surface area contributed by atoms with Gasteiger partial charge in [-0.15, -0.1) is 0 Å². The van der Waals surface area contributed by atoms with Crippen molar-refractivity contribution in [1.82, 2.24) is 4.90 Å². The minimum atomic E-state index is -4.60. The minimum Gasteiger partial charge on any atom is -0.493 e. The Kier molecular flexibility index (Phi) is 11.1. The third-order valence-electron chi connectivity index (χ3n) is 7.24. The number of hydrogen-bond acceptors (Lipinski definition) is 5. The van der Waals surface area contributed by atoms with Crippen LogP contribution in [-0.4, -0.2) is 39.3 Å². The van der Waals surface area contributed by atoms with Gasteiger partial charge in [-0.3, -0.25) is 4.90 Å². The lowest BCUT2D eigenvalue weighted by molar-refractivity contribution is -0.137. The second-order valence-corrected chi connectivity index (χ2v) is 12.8. The van der Waals surface area contributed by atoms with Crippen LogP contribution in [0.4, 0.5) is 17.6 Å². The molecule has 11 heteroatoms. The molecule has 0 fully saturated rings. The van der Waals surface area contributed by atoms with E-state index in [1.165, 1.54) is 12.1 Å². The van der Waals surface area contributed by atoms with Gasteiger partial charge in [-0.2, -0.15) is 13.2 Å². The minimum absolute atomic E-state index is 0.0408. The van der Waals surface area contributed by atoms with Gasteiger partial charge in [0.2, 0.25) is 0 Å². The van der Waals surface area contributed by atoms with Gasteiger partial charge in [0, 0.05) is 50.0 Å². The zero-order chi connectivity index (χ0) is 31.9. The van der Waals surface area contributed by atoms with E-state index in [4.69, 9.17) is 22.1 Å². The molecular formula is C33H33ClF4N2O3S. The zero-order valence-electron chi connectivity index (χ0n) is 24.0. The molecule has 0 saturated heterocycles. The van der Waals surface area contributed by atoms with Crippen molar-refractivity contribution < 1.29 is 30.7 Å². The summed E-state index contributed by atoms with van der Waals surface area (Å²) in [7, 11) is -3.75. The Morgan fingerprint density at radius 3 is 2.09 bits per heavy atom. The van der Waals surface area contributed by atoms with Gasteiger partial charge in [0.05, 0.1) is 22.1 Å². The standard InChI is InChI=1S/C33H33ClF4N2O3S/c1-44(41,42)31-19-26(18-30(35)27(31)20-39)43-17-9-16-40(21-25-14-8-15-29(32(25)34)33(36,37)38)22-28(23-10-4-2-5-11-23)24-12-6-3-7-13-24/h2-8,10-15,18-19,28H,9,16-17,20-22,39H2,1H3. The molecule has 0 radical (unpaired) electrons. The molecule has 0 heterocycles. The predicted molar refractivity (Wildman–Crippen MR) is 164 cm³/mol. The maximum absolute atomic E-state index is 14.6. The van der Waals surface area contributed by atoms with E-state index in [-0.39, 0.29) is 46.8 Å². The highest BCUT2D eigenvalue weighted by Crippen LogP contribution is 2.37. The molecule has 0 unspecified atom stereocenters. The van der Waals surface area contributed by atoms with Crippen molar-refractivity contribution in [2.45, 2.75) is 36.5 Å². The van der Waals surface area contributed by atoms with Crippen molar-refractivity contribution in [2.75, 3.05) is 26.0 Å². The van der Waals surface area contributed by atoms with Crippen LogP contribution in [0, 0.1) is 5.82 Å². The van der Waals surface area contributed by atoms with Gasteiger partial charge in [0.1, 0.15) is 11.6 Å². The second-order valence-electron chi connectivity index (χ2n) is 10.4. The molecule has 0 atom stereocenters. The molecule has 44 heavy (non-hydrogen) atoms. The molecule has 0 aliphatic rings. The van der Waals surface area contributed by atoms with Crippen molar-refractivity contribution in [1.29, 1.82) is 0 Å². The van der Waals surface area contributed by atoms with Crippen LogP contribution < -0.4 is 10.5 Å². The molecule has 0 aromatic heterocycles. The van der Waals surface area contributed by atoms with E-state index in [0.717, 1.165) is 29.5 Å². The van der Waals surface area contributed by atoms with Crippen LogP contribution in [0.1, 0.15) is 40.2 Å². The van der Waals surface area contributed by atoms with E-state index in [9.17, 15) is 26.0 Å². The first-order valence-corrected chi connectivity index (χ1v) is 16.2. The second kappa shape index (κ2) is 14.6. The van der Waals surface area contributed by atoms with Gasteiger partial charge < -0.3 is 10.5 Å². The maximum Gasteiger partial charge on any atom is 0.417 e. The zero-order valence-corrected chi connectivity index (χ0v) is 25.6. The first-order valence-electron chi connectivity index (χ1n) is 13.9. The fourth-order valence-corrected chi connectivity index (χ4v) is 6.36.